The molecule has 21 heavy (non-hydrogen) atoms. The summed E-state index contributed by atoms with van der Waals surface area (Å²) >= 11 is 0. The monoisotopic (exact) mass is 301 g/mol. The zero-order chi connectivity index (χ0) is 15.5. The number of piperidine rings is 1. The van der Waals surface area contributed by atoms with Crippen molar-refractivity contribution in [2.75, 3.05) is 24.5 Å². The molecule has 0 aromatic carbocycles. The zero-order valence-electron chi connectivity index (χ0n) is 12.5. The minimum atomic E-state index is -4.32. The second kappa shape index (κ2) is 6.64. The minimum absolute atomic E-state index is 0.364. The van der Waals surface area contributed by atoms with Gasteiger partial charge in [-0.15, -0.1) is 0 Å². The third kappa shape index (κ3) is 4.09. The van der Waals surface area contributed by atoms with Crippen molar-refractivity contribution < 1.29 is 13.2 Å². The average molecular weight is 301 g/mol. The number of hydrogen-bond donors (Lipinski definition) is 1. The molecule has 0 bridgehead atoms. The highest BCUT2D eigenvalue weighted by Gasteiger charge is 2.32. The van der Waals surface area contributed by atoms with Crippen LogP contribution < -0.4 is 10.2 Å². The van der Waals surface area contributed by atoms with Crippen LogP contribution in [0.2, 0.25) is 0 Å². The van der Waals surface area contributed by atoms with Gasteiger partial charge in [-0.3, -0.25) is 0 Å². The maximum Gasteiger partial charge on any atom is 0.416 e. The lowest BCUT2D eigenvalue weighted by atomic mass is 9.91. The van der Waals surface area contributed by atoms with Gasteiger partial charge in [-0.1, -0.05) is 6.92 Å². The van der Waals surface area contributed by atoms with Gasteiger partial charge in [0.15, 0.2) is 0 Å². The van der Waals surface area contributed by atoms with E-state index in [2.05, 4.69) is 24.1 Å². The Balaban J connectivity index is 2.11. The molecule has 6 heteroatoms. The number of pyridine rings is 1. The highest BCUT2D eigenvalue weighted by molar-refractivity contribution is 5.42. The van der Waals surface area contributed by atoms with Crippen molar-refractivity contribution in [3.63, 3.8) is 0 Å². The summed E-state index contributed by atoms with van der Waals surface area (Å²) in [7, 11) is 0. The molecule has 2 heterocycles. The normalized spacial score (nSPS) is 21.4. The molecule has 0 radical (unpaired) electrons. The smallest absolute Gasteiger partial charge is 0.356 e. The second-order valence-corrected chi connectivity index (χ2v) is 5.60. The Morgan fingerprint density at radius 2 is 2.24 bits per heavy atom. The number of anilines is 1. The molecule has 3 nitrogen and oxygen atoms in total. The molecule has 1 aliphatic heterocycles. The van der Waals surface area contributed by atoms with Crippen molar-refractivity contribution in [2.45, 2.75) is 38.9 Å². The van der Waals surface area contributed by atoms with Crippen LogP contribution in [0.4, 0.5) is 19.0 Å². The van der Waals surface area contributed by atoms with Crippen LogP contribution in [0.25, 0.3) is 0 Å². The molecule has 0 amide bonds. The van der Waals surface area contributed by atoms with Crippen molar-refractivity contribution in [3.05, 3.63) is 23.9 Å². The van der Waals surface area contributed by atoms with Gasteiger partial charge in [-0.25, -0.2) is 4.98 Å². The zero-order valence-corrected chi connectivity index (χ0v) is 12.5. The van der Waals surface area contributed by atoms with Gasteiger partial charge in [0.05, 0.1) is 5.56 Å². The summed E-state index contributed by atoms with van der Waals surface area (Å²) in [6, 6.07) is 2.54. The Hall–Kier alpha value is -1.30. The molecule has 1 aliphatic rings. The van der Waals surface area contributed by atoms with Crippen molar-refractivity contribution >= 4 is 5.82 Å². The summed E-state index contributed by atoms with van der Waals surface area (Å²) in [5, 5.41) is 3.40. The largest absolute Gasteiger partial charge is 0.416 e. The van der Waals surface area contributed by atoms with Crippen LogP contribution in [0.3, 0.4) is 0 Å². The van der Waals surface area contributed by atoms with E-state index in [4.69, 9.17) is 0 Å². The van der Waals surface area contributed by atoms with Crippen molar-refractivity contribution in [3.8, 4) is 0 Å². The molecular formula is C15H22F3N3. The Morgan fingerprint density at radius 3 is 2.90 bits per heavy atom. The van der Waals surface area contributed by atoms with E-state index in [0.29, 0.717) is 17.8 Å². The summed E-state index contributed by atoms with van der Waals surface area (Å²) in [5.74, 6) is 0.869. The van der Waals surface area contributed by atoms with Gasteiger partial charge in [-0.2, -0.15) is 13.2 Å². The van der Waals surface area contributed by atoms with E-state index in [0.717, 1.165) is 44.6 Å². The molecular weight excluding hydrogens is 279 g/mol. The fourth-order valence-electron chi connectivity index (χ4n) is 2.88. The molecule has 1 saturated heterocycles. The Bertz CT molecular complexity index is 462. The minimum Gasteiger partial charge on any atom is -0.356 e. The highest BCUT2D eigenvalue weighted by Crippen LogP contribution is 2.32. The standard InChI is InChI=1S/C15H22F3N3/c1-3-19-11(2)12-5-4-8-21(10-12)14-9-13(6-7-20-14)15(16,17)18/h6-7,9,11-12,19H,3-5,8,10H2,1-2H3. The van der Waals surface area contributed by atoms with E-state index in [1.54, 1.807) is 0 Å². The quantitative estimate of drug-likeness (QED) is 0.925. The number of nitrogens with zero attached hydrogens (tertiary/aromatic N) is 2. The molecule has 1 aromatic heterocycles. The van der Waals surface area contributed by atoms with E-state index in [1.807, 2.05) is 4.90 Å². The topological polar surface area (TPSA) is 28.2 Å². The predicted octanol–water partition coefficient (Wildman–Crippen LogP) is 3.31. The summed E-state index contributed by atoms with van der Waals surface area (Å²) in [6.07, 6.45) is -0.985. The number of nitrogens with one attached hydrogen (secondary N) is 1. The molecule has 1 fully saturated rings. The molecule has 1 aromatic rings. The third-order valence-electron chi connectivity index (χ3n) is 4.09. The van der Waals surface area contributed by atoms with Gasteiger partial charge in [0, 0.05) is 25.3 Å². The fourth-order valence-corrected chi connectivity index (χ4v) is 2.88. The average Bonchev–Trinajstić information content (AvgIpc) is 2.47. The number of rotatable bonds is 4. The molecule has 0 saturated carbocycles. The maximum atomic E-state index is 12.8. The van der Waals surface area contributed by atoms with Gasteiger partial charge >= 0.3 is 6.18 Å². The van der Waals surface area contributed by atoms with Crippen LogP contribution in [-0.2, 0) is 6.18 Å². The summed E-state index contributed by atoms with van der Waals surface area (Å²) < 4.78 is 38.4. The first kappa shape index (κ1) is 16.1. The molecule has 0 aliphatic carbocycles. The lowest BCUT2D eigenvalue weighted by molar-refractivity contribution is -0.137. The molecule has 2 atom stereocenters. The number of hydrogen-bond acceptors (Lipinski definition) is 3. The van der Waals surface area contributed by atoms with E-state index >= 15 is 0 Å². The van der Waals surface area contributed by atoms with Crippen LogP contribution in [0.1, 0.15) is 32.3 Å². The van der Waals surface area contributed by atoms with Crippen molar-refractivity contribution in [1.29, 1.82) is 0 Å². The molecule has 2 rings (SSSR count). The molecule has 2 unspecified atom stereocenters. The first-order chi connectivity index (χ1) is 9.91. The lowest BCUT2D eigenvalue weighted by Gasteiger charge is -2.36. The van der Waals surface area contributed by atoms with Gasteiger partial charge in [-0.05, 0) is 44.4 Å². The van der Waals surface area contributed by atoms with Crippen molar-refractivity contribution in [2.24, 2.45) is 5.92 Å². The van der Waals surface area contributed by atoms with E-state index in [9.17, 15) is 13.2 Å². The molecule has 1 N–H and O–H groups in total. The van der Waals surface area contributed by atoms with Crippen LogP contribution in [0.5, 0.6) is 0 Å². The maximum absolute atomic E-state index is 12.8. The van der Waals surface area contributed by atoms with Gasteiger partial charge < -0.3 is 10.2 Å². The van der Waals surface area contributed by atoms with E-state index in [-0.39, 0.29) is 0 Å². The van der Waals surface area contributed by atoms with Gasteiger partial charge in [0.25, 0.3) is 0 Å². The van der Waals surface area contributed by atoms with Crippen molar-refractivity contribution in [1.82, 2.24) is 10.3 Å². The first-order valence-corrected chi connectivity index (χ1v) is 7.43. The predicted molar refractivity (Wildman–Crippen MR) is 77.3 cm³/mol. The summed E-state index contributed by atoms with van der Waals surface area (Å²) in [5.41, 5.74) is -0.630. The van der Waals surface area contributed by atoms with E-state index in [1.165, 1.54) is 6.20 Å². The van der Waals surface area contributed by atoms with Gasteiger partial charge in [0.1, 0.15) is 5.82 Å². The SMILES string of the molecule is CCNC(C)C1CCCN(c2cc(C(F)(F)F)ccn2)C1. The third-order valence-corrected chi connectivity index (χ3v) is 4.09. The number of aromatic nitrogens is 1. The first-order valence-electron chi connectivity index (χ1n) is 7.43. The molecule has 118 valence electrons. The Kier molecular flexibility index (Phi) is 5.08. The van der Waals surface area contributed by atoms with Crippen LogP contribution >= 0.6 is 0 Å². The van der Waals surface area contributed by atoms with Crippen LogP contribution in [0, 0.1) is 5.92 Å². The van der Waals surface area contributed by atoms with E-state index < -0.39 is 11.7 Å². The fraction of sp³-hybridized carbons (Fsp3) is 0.667. The number of halogens is 3. The molecule has 0 spiro atoms. The Labute approximate surface area is 123 Å². The lowest BCUT2D eigenvalue weighted by Crippen LogP contribution is -2.44. The summed E-state index contributed by atoms with van der Waals surface area (Å²) in [4.78, 5) is 6.09. The highest BCUT2D eigenvalue weighted by atomic mass is 19.4. The summed E-state index contributed by atoms with van der Waals surface area (Å²) in [6.45, 7) is 6.62. The number of alkyl halides is 3. The second-order valence-electron chi connectivity index (χ2n) is 5.60. The van der Waals surface area contributed by atoms with Gasteiger partial charge in [0.2, 0.25) is 0 Å². The Morgan fingerprint density at radius 1 is 1.48 bits per heavy atom. The van der Waals surface area contributed by atoms with Crippen LogP contribution in [-0.4, -0.2) is 30.7 Å². The van der Waals surface area contributed by atoms with Crippen LogP contribution in [0.15, 0.2) is 18.3 Å².